The molecule has 0 radical (unpaired) electrons. The van der Waals surface area contributed by atoms with Crippen LogP contribution >= 0.6 is 0 Å². The first-order valence-corrected chi connectivity index (χ1v) is 10.8. The van der Waals surface area contributed by atoms with Crippen LogP contribution in [-0.2, 0) is 16.1 Å². The van der Waals surface area contributed by atoms with Crippen molar-refractivity contribution in [2.24, 2.45) is 0 Å². The summed E-state index contributed by atoms with van der Waals surface area (Å²) in [6, 6.07) is 14.7. The lowest BCUT2D eigenvalue weighted by Crippen LogP contribution is -2.37. The number of aromatic nitrogens is 3. The van der Waals surface area contributed by atoms with Crippen LogP contribution in [0.25, 0.3) is 16.6 Å². The third-order valence-electron chi connectivity index (χ3n) is 5.51. The van der Waals surface area contributed by atoms with Gasteiger partial charge in [-0.25, -0.2) is 9.31 Å². The molecule has 5 rings (SSSR count). The Bertz CT molecular complexity index is 1270. The van der Waals surface area contributed by atoms with Crippen LogP contribution in [0.15, 0.2) is 65.6 Å². The summed E-state index contributed by atoms with van der Waals surface area (Å²) in [6.07, 6.45) is 0.377. The normalized spacial score (nSPS) is 16.6. The molecule has 35 heavy (non-hydrogen) atoms. The van der Waals surface area contributed by atoms with Crippen molar-refractivity contribution in [3.05, 3.63) is 78.0 Å². The number of carboxylic acid groups (broad SMARTS) is 1. The number of hydrogen-bond acceptors (Lipinski definition) is 6. The molecule has 0 spiro atoms. The van der Waals surface area contributed by atoms with Crippen LogP contribution in [0.3, 0.4) is 0 Å². The molecule has 1 atom stereocenters. The van der Waals surface area contributed by atoms with Crippen LogP contribution in [0.4, 0.5) is 13.2 Å². The van der Waals surface area contributed by atoms with Gasteiger partial charge < -0.3 is 14.3 Å². The SMILES string of the molecule is Cc1ccc(-c2ccc3c(C4CN(Cc5ccoc5)CCO4)nnn3c2)cc1.O=C(O)C(F)(F)F. The Morgan fingerprint density at radius 2 is 1.86 bits per heavy atom. The lowest BCUT2D eigenvalue weighted by atomic mass is 10.1. The molecular formula is C24H23F3N4O4. The lowest BCUT2D eigenvalue weighted by molar-refractivity contribution is -0.192. The molecule has 1 aromatic carbocycles. The van der Waals surface area contributed by atoms with Crippen molar-refractivity contribution >= 4 is 11.5 Å². The van der Waals surface area contributed by atoms with Crippen molar-refractivity contribution in [3.63, 3.8) is 0 Å². The van der Waals surface area contributed by atoms with Crippen molar-refractivity contribution in [3.8, 4) is 11.1 Å². The summed E-state index contributed by atoms with van der Waals surface area (Å²) < 4.78 is 44.8. The molecule has 1 N–H and O–H groups in total. The minimum atomic E-state index is -5.08. The molecule has 3 aromatic heterocycles. The maximum Gasteiger partial charge on any atom is 0.490 e. The molecule has 184 valence electrons. The van der Waals surface area contributed by atoms with Gasteiger partial charge in [0.1, 0.15) is 11.8 Å². The third kappa shape index (κ3) is 6.06. The molecule has 11 heteroatoms. The van der Waals surface area contributed by atoms with E-state index in [1.165, 1.54) is 16.7 Å². The molecule has 4 heterocycles. The van der Waals surface area contributed by atoms with E-state index in [1.807, 2.05) is 16.8 Å². The Morgan fingerprint density at radius 1 is 1.14 bits per heavy atom. The summed E-state index contributed by atoms with van der Waals surface area (Å²) in [7, 11) is 0. The molecule has 0 saturated carbocycles. The van der Waals surface area contributed by atoms with Gasteiger partial charge in [0.25, 0.3) is 0 Å². The molecular weight excluding hydrogens is 465 g/mol. The van der Waals surface area contributed by atoms with Gasteiger partial charge in [0, 0.05) is 37.0 Å². The number of fused-ring (bicyclic) bond motifs is 1. The maximum atomic E-state index is 10.6. The molecule has 0 aliphatic carbocycles. The second kappa shape index (κ2) is 10.3. The zero-order chi connectivity index (χ0) is 25.0. The smallest absolute Gasteiger partial charge is 0.475 e. The van der Waals surface area contributed by atoms with Gasteiger partial charge in [-0.3, -0.25) is 4.90 Å². The van der Waals surface area contributed by atoms with E-state index in [9.17, 15) is 13.2 Å². The number of pyridine rings is 1. The molecule has 1 saturated heterocycles. The van der Waals surface area contributed by atoms with Crippen molar-refractivity contribution in [2.45, 2.75) is 25.7 Å². The zero-order valence-electron chi connectivity index (χ0n) is 18.8. The molecule has 0 bridgehead atoms. The van der Waals surface area contributed by atoms with Gasteiger partial charge >= 0.3 is 12.1 Å². The number of hydrogen-bond donors (Lipinski definition) is 1. The Labute approximate surface area is 198 Å². The number of halogens is 3. The summed E-state index contributed by atoms with van der Waals surface area (Å²) >= 11 is 0. The van der Waals surface area contributed by atoms with Crippen molar-refractivity contribution < 1.29 is 32.2 Å². The van der Waals surface area contributed by atoms with Crippen LogP contribution in [0, 0.1) is 6.92 Å². The highest BCUT2D eigenvalue weighted by atomic mass is 19.4. The summed E-state index contributed by atoms with van der Waals surface area (Å²) in [6.45, 7) is 5.32. The molecule has 1 aliphatic rings. The highest BCUT2D eigenvalue weighted by molar-refractivity contribution is 5.73. The molecule has 4 aromatic rings. The average molecular weight is 488 g/mol. The fourth-order valence-electron chi connectivity index (χ4n) is 3.71. The number of rotatable bonds is 4. The molecule has 1 aliphatic heterocycles. The quantitative estimate of drug-likeness (QED) is 0.452. The van der Waals surface area contributed by atoms with Gasteiger partial charge in [-0.15, -0.1) is 5.10 Å². The highest BCUT2D eigenvalue weighted by Gasteiger charge is 2.38. The van der Waals surface area contributed by atoms with Crippen LogP contribution in [-0.4, -0.2) is 56.7 Å². The van der Waals surface area contributed by atoms with Crippen LogP contribution in [0.5, 0.6) is 0 Å². The van der Waals surface area contributed by atoms with Gasteiger partial charge in [-0.05, 0) is 24.6 Å². The number of aliphatic carboxylic acids is 1. The van der Waals surface area contributed by atoms with Gasteiger partial charge in [-0.1, -0.05) is 41.1 Å². The van der Waals surface area contributed by atoms with E-state index in [0.717, 1.165) is 36.4 Å². The Hall–Kier alpha value is -3.70. The molecule has 8 nitrogen and oxygen atoms in total. The second-order valence-corrected chi connectivity index (χ2v) is 8.12. The van der Waals surface area contributed by atoms with Crippen molar-refractivity contribution in [1.29, 1.82) is 0 Å². The van der Waals surface area contributed by atoms with Gasteiger partial charge in [0.05, 0.1) is 24.6 Å². The van der Waals surface area contributed by atoms with Gasteiger partial charge in [0.2, 0.25) is 0 Å². The number of carboxylic acids is 1. The molecule has 0 amide bonds. The third-order valence-corrected chi connectivity index (χ3v) is 5.51. The van der Waals surface area contributed by atoms with E-state index >= 15 is 0 Å². The predicted molar refractivity (Wildman–Crippen MR) is 120 cm³/mol. The number of aryl methyl sites for hydroxylation is 1. The summed E-state index contributed by atoms with van der Waals surface area (Å²) in [5.41, 5.74) is 6.61. The van der Waals surface area contributed by atoms with Gasteiger partial charge in [-0.2, -0.15) is 13.2 Å². The number of morpholine rings is 1. The van der Waals surface area contributed by atoms with E-state index in [0.29, 0.717) is 6.61 Å². The lowest BCUT2D eigenvalue weighted by Gasteiger charge is -2.31. The average Bonchev–Trinajstić information content (AvgIpc) is 3.49. The Morgan fingerprint density at radius 3 is 2.51 bits per heavy atom. The standard InChI is InChI=1S/C22H22N4O2.C2HF3O2/c1-16-2-4-18(5-3-16)19-6-7-20-22(23-24-26(20)13-19)21-14-25(9-11-28-21)12-17-8-10-27-15-17;3-2(4,5)1(6)7/h2-8,10,13,15,21H,9,11-12,14H2,1H3;(H,6,7). The first-order chi connectivity index (χ1) is 16.7. The first kappa shape index (κ1) is 24.4. The number of alkyl halides is 3. The summed E-state index contributed by atoms with van der Waals surface area (Å²) in [5, 5.41) is 15.9. The predicted octanol–water partition coefficient (Wildman–Crippen LogP) is 4.50. The minimum absolute atomic E-state index is 0.0802. The molecule has 1 unspecified atom stereocenters. The highest BCUT2D eigenvalue weighted by Crippen LogP contribution is 2.27. The fraction of sp³-hybridized carbons (Fsp3) is 0.292. The minimum Gasteiger partial charge on any atom is -0.475 e. The largest absolute Gasteiger partial charge is 0.490 e. The zero-order valence-corrected chi connectivity index (χ0v) is 18.8. The van der Waals surface area contributed by atoms with E-state index in [-0.39, 0.29) is 6.10 Å². The number of nitrogens with zero attached hydrogens (tertiary/aromatic N) is 4. The maximum absolute atomic E-state index is 10.6. The Kier molecular flexibility index (Phi) is 7.17. The fourth-order valence-corrected chi connectivity index (χ4v) is 3.71. The van der Waals surface area contributed by atoms with Crippen LogP contribution < -0.4 is 0 Å². The number of benzene rings is 1. The van der Waals surface area contributed by atoms with E-state index in [2.05, 4.69) is 58.5 Å². The van der Waals surface area contributed by atoms with E-state index < -0.39 is 12.1 Å². The summed E-state index contributed by atoms with van der Waals surface area (Å²) in [4.78, 5) is 11.3. The number of carbonyl (C=O) groups is 1. The monoisotopic (exact) mass is 488 g/mol. The second-order valence-electron chi connectivity index (χ2n) is 8.12. The summed E-state index contributed by atoms with van der Waals surface area (Å²) in [5.74, 6) is -2.76. The Balaban J connectivity index is 0.000000364. The first-order valence-electron chi connectivity index (χ1n) is 10.8. The van der Waals surface area contributed by atoms with E-state index in [4.69, 9.17) is 19.1 Å². The van der Waals surface area contributed by atoms with Crippen LogP contribution in [0.2, 0.25) is 0 Å². The van der Waals surface area contributed by atoms with Crippen molar-refractivity contribution in [2.75, 3.05) is 19.7 Å². The van der Waals surface area contributed by atoms with Crippen LogP contribution in [0.1, 0.15) is 22.9 Å². The number of ether oxygens (including phenoxy) is 1. The van der Waals surface area contributed by atoms with Crippen molar-refractivity contribution in [1.82, 2.24) is 19.7 Å². The number of furan rings is 1. The van der Waals surface area contributed by atoms with Gasteiger partial charge in [0.15, 0.2) is 0 Å². The topological polar surface area (TPSA) is 93.1 Å². The molecule has 1 fully saturated rings. The van der Waals surface area contributed by atoms with E-state index in [1.54, 1.807) is 12.5 Å².